The summed E-state index contributed by atoms with van der Waals surface area (Å²) in [7, 11) is 3.13. The van der Waals surface area contributed by atoms with Crippen LogP contribution in [0.2, 0.25) is 5.02 Å². The molecule has 2 aliphatic heterocycles. The van der Waals surface area contributed by atoms with Crippen molar-refractivity contribution in [1.82, 2.24) is 14.5 Å². The molecule has 1 radical (unpaired) electrons. The fourth-order valence-corrected chi connectivity index (χ4v) is 4.70. The Balaban J connectivity index is 1.51. The van der Waals surface area contributed by atoms with Crippen LogP contribution in [0.1, 0.15) is 28.5 Å². The topological polar surface area (TPSA) is 72.2 Å². The SMILES string of the molecule is CCN1C(=O)c2c(nc(OC)n2Cc2ccc(OC)c(Cl)c2)N2C[C@@H]([CH]c3ccccc3)N=C12. The minimum absolute atomic E-state index is 0.0956. The van der Waals surface area contributed by atoms with Crippen molar-refractivity contribution in [2.24, 2.45) is 4.99 Å². The summed E-state index contributed by atoms with van der Waals surface area (Å²) in [6.07, 6.45) is 2.11. The number of anilines is 1. The van der Waals surface area contributed by atoms with Crippen LogP contribution in [0.4, 0.5) is 5.82 Å². The molecule has 3 aromatic rings. The number of aromatic nitrogens is 2. The molecule has 0 aliphatic carbocycles. The largest absolute Gasteiger partial charge is 0.495 e. The van der Waals surface area contributed by atoms with Crippen molar-refractivity contribution < 1.29 is 14.3 Å². The van der Waals surface area contributed by atoms with Crippen LogP contribution >= 0.6 is 11.6 Å². The molecule has 2 aliphatic rings. The summed E-state index contributed by atoms with van der Waals surface area (Å²) in [5.74, 6) is 1.63. The lowest BCUT2D eigenvalue weighted by molar-refractivity contribution is 0.0835. The second-order valence-corrected chi connectivity index (χ2v) is 8.47. The number of carbonyl (C=O) groups excluding carboxylic acids is 1. The van der Waals surface area contributed by atoms with Gasteiger partial charge in [-0.1, -0.05) is 48.0 Å². The highest BCUT2D eigenvalue weighted by atomic mass is 35.5. The molecule has 3 heterocycles. The zero-order valence-corrected chi connectivity index (χ0v) is 20.0. The van der Waals surface area contributed by atoms with E-state index in [2.05, 4.69) is 6.42 Å². The van der Waals surface area contributed by atoms with E-state index < -0.39 is 0 Å². The lowest BCUT2D eigenvalue weighted by Gasteiger charge is -2.32. The van der Waals surface area contributed by atoms with E-state index in [9.17, 15) is 4.79 Å². The molecule has 1 amide bonds. The van der Waals surface area contributed by atoms with Gasteiger partial charge in [0.25, 0.3) is 11.9 Å². The van der Waals surface area contributed by atoms with E-state index >= 15 is 0 Å². The number of rotatable bonds is 7. The molecule has 1 atom stereocenters. The van der Waals surface area contributed by atoms with E-state index in [0.717, 1.165) is 11.1 Å². The van der Waals surface area contributed by atoms with Gasteiger partial charge in [-0.3, -0.25) is 19.2 Å². The van der Waals surface area contributed by atoms with Gasteiger partial charge in [0.1, 0.15) is 5.75 Å². The highest BCUT2D eigenvalue weighted by molar-refractivity contribution is 6.32. The minimum Gasteiger partial charge on any atom is -0.495 e. The number of carbonyl (C=O) groups is 1. The van der Waals surface area contributed by atoms with E-state index in [-0.39, 0.29) is 11.9 Å². The number of methoxy groups -OCH3 is 2. The highest BCUT2D eigenvalue weighted by Gasteiger charge is 2.43. The van der Waals surface area contributed by atoms with Gasteiger partial charge in [0.2, 0.25) is 5.96 Å². The van der Waals surface area contributed by atoms with Gasteiger partial charge in [0.15, 0.2) is 11.5 Å². The molecule has 0 spiro atoms. The van der Waals surface area contributed by atoms with E-state index in [4.69, 9.17) is 31.1 Å². The standard InChI is InChI=1S/C25H25ClN5O3/c1-4-29-23(32)21-22(31-15-18(27-24(29)31)12-16-8-6-5-7-9-16)28-25(34-3)30(21)14-17-10-11-20(33-2)19(26)13-17/h5-13,18H,4,14-15H2,1-3H3/t18-/m1/s1. The van der Waals surface area contributed by atoms with Gasteiger partial charge in [-0.2, -0.15) is 4.98 Å². The van der Waals surface area contributed by atoms with Crippen LogP contribution in [0.5, 0.6) is 11.8 Å². The zero-order valence-electron chi connectivity index (χ0n) is 19.2. The summed E-state index contributed by atoms with van der Waals surface area (Å²) in [5.41, 5.74) is 2.46. The van der Waals surface area contributed by atoms with E-state index in [1.807, 2.05) is 60.4 Å². The fourth-order valence-electron chi connectivity index (χ4n) is 4.42. The molecule has 0 unspecified atom stereocenters. The van der Waals surface area contributed by atoms with Crippen LogP contribution in [0, 0.1) is 6.42 Å². The number of guanidine groups is 1. The lowest BCUT2D eigenvalue weighted by Crippen LogP contribution is -2.50. The number of hydrogen-bond donors (Lipinski definition) is 0. The van der Waals surface area contributed by atoms with Crippen LogP contribution < -0.4 is 14.4 Å². The fraction of sp³-hybridized carbons (Fsp3) is 0.280. The lowest BCUT2D eigenvalue weighted by atomic mass is 10.1. The van der Waals surface area contributed by atoms with Gasteiger partial charge in [0.05, 0.1) is 38.4 Å². The maximum atomic E-state index is 13.6. The van der Waals surface area contributed by atoms with Crippen molar-refractivity contribution in [1.29, 1.82) is 0 Å². The Morgan fingerprint density at radius 2 is 1.94 bits per heavy atom. The quantitative estimate of drug-likeness (QED) is 0.515. The van der Waals surface area contributed by atoms with Crippen LogP contribution in [-0.2, 0) is 6.54 Å². The Labute approximate surface area is 203 Å². The van der Waals surface area contributed by atoms with E-state index in [0.29, 0.717) is 53.9 Å². The third-order valence-corrected chi connectivity index (χ3v) is 6.29. The van der Waals surface area contributed by atoms with E-state index in [1.165, 1.54) is 0 Å². The zero-order chi connectivity index (χ0) is 23.8. The molecule has 2 aromatic carbocycles. The molecule has 0 saturated carbocycles. The third-order valence-electron chi connectivity index (χ3n) is 5.99. The predicted octanol–water partition coefficient (Wildman–Crippen LogP) is 3.87. The van der Waals surface area contributed by atoms with Gasteiger partial charge in [0, 0.05) is 13.0 Å². The number of ether oxygens (including phenoxy) is 2. The maximum absolute atomic E-state index is 13.6. The first-order chi connectivity index (χ1) is 16.5. The van der Waals surface area contributed by atoms with Crippen molar-refractivity contribution in [2.45, 2.75) is 19.5 Å². The number of amides is 1. The number of nitrogens with zero attached hydrogens (tertiary/aromatic N) is 5. The molecule has 8 nitrogen and oxygen atoms in total. The Bertz CT molecular complexity index is 1260. The molecular weight excluding hydrogens is 454 g/mol. The molecule has 0 fully saturated rings. The summed E-state index contributed by atoms with van der Waals surface area (Å²) in [5, 5.41) is 0.503. The summed E-state index contributed by atoms with van der Waals surface area (Å²) in [6, 6.07) is 15.9. The van der Waals surface area contributed by atoms with Crippen LogP contribution in [-0.4, -0.2) is 59.7 Å². The highest BCUT2D eigenvalue weighted by Crippen LogP contribution is 2.36. The first-order valence-electron chi connectivity index (χ1n) is 11.1. The van der Waals surface area contributed by atoms with Crippen molar-refractivity contribution >= 4 is 29.3 Å². The minimum atomic E-state index is -0.150. The van der Waals surface area contributed by atoms with Crippen LogP contribution in [0.15, 0.2) is 53.5 Å². The number of benzene rings is 2. The number of hydrogen-bond acceptors (Lipinski definition) is 6. The summed E-state index contributed by atoms with van der Waals surface area (Å²) < 4.78 is 12.6. The Kier molecular flexibility index (Phi) is 5.91. The van der Waals surface area contributed by atoms with Crippen molar-refractivity contribution in [3.8, 4) is 11.8 Å². The van der Waals surface area contributed by atoms with Crippen LogP contribution in [0.25, 0.3) is 0 Å². The second kappa shape index (κ2) is 9.02. The second-order valence-electron chi connectivity index (χ2n) is 8.06. The molecule has 5 rings (SSSR count). The smallest absolute Gasteiger partial charge is 0.299 e. The first-order valence-corrected chi connectivity index (χ1v) is 11.5. The molecule has 1 aromatic heterocycles. The molecule has 175 valence electrons. The summed E-state index contributed by atoms with van der Waals surface area (Å²) >= 11 is 6.33. The predicted molar refractivity (Wildman–Crippen MR) is 131 cm³/mol. The first kappa shape index (κ1) is 22.3. The Morgan fingerprint density at radius 1 is 1.15 bits per heavy atom. The molecule has 0 bridgehead atoms. The third kappa shape index (κ3) is 3.77. The molecular formula is C25H25ClN5O3. The molecule has 9 heteroatoms. The van der Waals surface area contributed by atoms with Gasteiger partial charge in [-0.05, 0) is 30.2 Å². The van der Waals surface area contributed by atoms with Gasteiger partial charge in [-0.15, -0.1) is 0 Å². The van der Waals surface area contributed by atoms with Gasteiger partial charge >= 0.3 is 0 Å². The molecule has 34 heavy (non-hydrogen) atoms. The van der Waals surface area contributed by atoms with Crippen molar-refractivity contribution in [3.63, 3.8) is 0 Å². The number of halogens is 1. The maximum Gasteiger partial charge on any atom is 0.299 e. The number of imidazole rings is 1. The van der Waals surface area contributed by atoms with Crippen molar-refractivity contribution in [2.75, 3.05) is 32.2 Å². The van der Waals surface area contributed by atoms with Crippen molar-refractivity contribution in [3.05, 3.63) is 76.8 Å². The average molecular weight is 479 g/mol. The van der Waals surface area contributed by atoms with Gasteiger partial charge < -0.3 is 9.47 Å². The Hall–Kier alpha value is -3.52. The average Bonchev–Trinajstić information content (AvgIpc) is 3.42. The van der Waals surface area contributed by atoms with Gasteiger partial charge in [-0.25, -0.2) is 4.99 Å². The van der Waals surface area contributed by atoms with E-state index in [1.54, 1.807) is 23.7 Å². The normalized spacial score (nSPS) is 16.9. The summed E-state index contributed by atoms with van der Waals surface area (Å²) in [4.78, 5) is 26.9. The summed E-state index contributed by atoms with van der Waals surface area (Å²) in [6.45, 7) is 3.40. The monoisotopic (exact) mass is 478 g/mol. The number of fused-ring (bicyclic) bond motifs is 3. The molecule has 0 saturated heterocycles. The Morgan fingerprint density at radius 3 is 2.62 bits per heavy atom. The van der Waals surface area contributed by atoms with Crippen LogP contribution in [0.3, 0.4) is 0 Å². The molecule has 0 N–H and O–H groups in total. The number of aliphatic imine (C=N–C) groups is 1.